The number of anilines is 1. The summed E-state index contributed by atoms with van der Waals surface area (Å²) >= 11 is 3.58. The molecule has 2 rings (SSSR count). The third-order valence-electron chi connectivity index (χ3n) is 2.62. The van der Waals surface area contributed by atoms with Gasteiger partial charge in [-0.3, -0.25) is 4.98 Å². The molecule has 1 N–H and O–H groups in total. The zero-order chi connectivity index (χ0) is 12.3. The molecule has 0 saturated carbocycles. The van der Waals surface area contributed by atoms with E-state index >= 15 is 0 Å². The van der Waals surface area contributed by atoms with Crippen molar-refractivity contribution in [2.24, 2.45) is 0 Å². The van der Waals surface area contributed by atoms with Crippen LogP contribution >= 0.6 is 15.9 Å². The molecule has 88 valence electrons. The van der Waals surface area contributed by atoms with E-state index in [0.29, 0.717) is 0 Å². The quantitative estimate of drug-likeness (QED) is 0.922. The number of halogens is 1. The first-order chi connectivity index (χ1) is 8.16. The highest BCUT2D eigenvalue weighted by molar-refractivity contribution is 9.10. The van der Waals surface area contributed by atoms with Gasteiger partial charge in [-0.15, -0.1) is 0 Å². The minimum absolute atomic E-state index is 0.738. The predicted octanol–water partition coefficient (Wildman–Crippen LogP) is 4.07. The average molecular weight is 291 g/mol. The number of rotatable bonds is 3. The molecule has 0 radical (unpaired) electrons. The molecule has 17 heavy (non-hydrogen) atoms. The lowest BCUT2D eigenvalue weighted by atomic mass is 10.2. The van der Waals surface area contributed by atoms with Crippen molar-refractivity contribution in [2.45, 2.75) is 20.4 Å². The topological polar surface area (TPSA) is 24.9 Å². The Morgan fingerprint density at radius 1 is 1.18 bits per heavy atom. The first-order valence-corrected chi connectivity index (χ1v) is 6.36. The fraction of sp³-hybridized carbons (Fsp3) is 0.214. The Balaban J connectivity index is 2.07. The third-order valence-corrected chi connectivity index (χ3v) is 3.68. The lowest BCUT2D eigenvalue weighted by Gasteiger charge is -2.09. The van der Waals surface area contributed by atoms with E-state index in [1.165, 1.54) is 11.1 Å². The van der Waals surface area contributed by atoms with Crippen LogP contribution in [0.2, 0.25) is 0 Å². The molecule has 1 heterocycles. The maximum atomic E-state index is 4.37. The van der Waals surface area contributed by atoms with Crippen LogP contribution in [0.25, 0.3) is 0 Å². The normalized spacial score (nSPS) is 10.3. The Labute approximate surface area is 110 Å². The van der Waals surface area contributed by atoms with Crippen LogP contribution in [0, 0.1) is 13.8 Å². The Bertz CT molecular complexity index is 506. The van der Waals surface area contributed by atoms with Crippen LogP contribution in [-0.2, 0) is 6.54 Å². The molecule has 1 aromatic carbocycles. The summed E-state index contributed by atoms with van der Waals surface area (Å²) in [6.45, 7) is 4.86. The molecule has 0 aliphatic carbocycles. The van der Waals surface area contributed by atoms with Crippen molar-refractivity contribution in [3.8, 4) is 0 Å². The smallest absolute Gasteiger partial charge is 0.0594 e. The minimum atomic E-state index is 0.738. The van der Waals surface area contributed by atoms with Crippen molar-refractivity contribution in [2.75, 3.05) is 5.32 Å². The van der Waals surface area contributed by atoms with Crippen molar-refractivity contribution >= 4 is 21.6 Å². The van der Waals surface area contributed by atoms with Crippen LogP contribution in [0.3, 0.4) is 0 Å². The summed E-state index contributed by atoms with van der Waals surface area (Å²) in [7, 11) is 0. The van der Waals surface area contributed by atoms with Crippen LogP contribution in [-0.4, -0.2) is 4.98 Å². The number of aryl methyl sites for hydroxylation is 2. The number of pyridine rings is 1. The van der Waals surface area contributed by atoms with E-state index in [1.807, 2.05) is 25.3 Å². The molecular formula is C14H15BrN2. The summed E-state index contributed by atoms with van der Waals surface area (Å²) in [6, 6.07) is 10.3. The Hall–Kier alpha value is -1.35. The third kappa shape index (κ3) is 3.07. The van der Waals surface area contributed by atoms with Gasteiger partial charge in [-0.2, -0.15) is 0 Å². The number of aromatic nitrogens is 1. The fourth-order valence-corrected chi connectivity index (χ4v) is 1.98. The lowest BCUT2D eigenvalue weighted by molar-refractivity contribution is 1.03. The number of hydrogen-bond donors (Lipinski definition) is 1. The van der Waals surface area contributed by atoms with Gasteiger partial charge < -0.3 is 5.32 Å². The molecule has 0 aliphatic rings. The molecule has 0 atom stereocenters. The van der Waals surface area contributed by atoms with Gasteiger partial charge in [0.2, 0.25) is 0 Å². The second kappa shape index (κ2) is 5.32. The van der Waals surface area contributed by atoms with Gasteiger partial charge >= 0.3 is 0 Å². The molecule has 0 amide bonds. The standard InChI is InChI=1S/C14H15BrN2/c1-10-6-7-12(16-8-10)9-17-13-5-3-4-11(2)14(13)15/h3-8,17H,9H2,1-2H3. The summed E-state index contributed by atoms with van der Waals surface area (Å²) in [6.07, 6.45) is 1.89. The first-order valence-electron chi connectivity index (χ1n) is 5.57. The lowest BCUT2D eigenvalue weighted by Crippen LogP contribution is -2.02. The number of nitrogens with one attached hydrogen (secondary N) is 1. The van der Waals surface area contributed by atoms with Crippen molar-refractivity contribution in [3.63, 3.8) is 0 Å². The van der Waals surface area contributed by atoms with E-state index in [9.17, 15) is 0 Å². The average Bonchev–Trinajstić information content (AvgIpc) is 2.33. The molecule has 3 heteroatoms. The molecule has 2 nitrogen and oxygen atoms in total. The van der Waals surface area contributed by atoms with E-state index in [2.05, 4.69) is 51.4 Å². The molecular weight excluding hydrogens is 276 g/mol. The highest BCUT2D eigenvalue weighted by Gasteiger charge is 2.02. The van der Waals surface area contributed by atoms with Crippen molar-refractivity contribution < 1.29 is 0 Å². The number of nitrogens with zero attached hydrogens (tertiary/aromatic N) is 1. The monoisotopic (exact) mass is 290 g/mol. The summed E-state index contributed by atoms with van der Waals surface area (Å²) in [5, 5.41) is 3.38. The van der Waals surface area contributed by atoms with Crippen molar-refractivity contribution in [1.82, 2.24) is 4.98 Å². The van der Waals surface area contributed by atoms with Gasteiger partial charge in [-0.05, 0) is 53.0 Å². The molecule has 0 spiro atoms. The zero-order valence-corrected chi connectivity index (χ0v) is 11.6. The van der Waals surface area contributed by atoms with Gasteiger partial charge in [0.15, 0.2) is 0 Å². The molecule has 0 saturated heterocycles. The number of hydrogen-bond acceptors (Lipinski definition) is 2. The van der Waals surface area contributed by atoms with Gasteiger partial charge in [0.1, 0.15) is 0 Å². The van der Waals surface area contributed by atoms with Gasteiger partial charge in [0, 0.05) is 16.4 Å². The molecule has 2 aromatic rings. The second-order valence-electron chi connectivity index (χ2n) is 4.12. The SMILES string of the molecule is Cc1ccc(CNc2cccc(C)c2Br)nc1. The Morgan fingerprint density at radius 2 is 2.00 bits per heavy atom. The van der Waals surface area contributed by atoms with E-state index in [0.717, 1.165) is 22.4 Å². The molecule has 1 aromatic heterocycles. The summed E-state index contributed by atoms with van der Waals surface area (Å²) in [5.41, 5.74) is 4.56. The van der Waals surface area contributed by atoms with Crippen LogP contribution in [0.15, 0.2) is 41.0 Å². The fourth-order valence-electron chi connectivity index (χ4n) is 1.57. The molecule has 0 bridgehead atoms. The van der Waals surface area contributed by atoms with E-state index in [4.69, 9.17) is 0 Å². The maximum Gasteiger partial charge on any atom is 0.0594 e. The van der Waals surface area contributed by atoms with Gasteiger partial charge in [-0.1, -0.05) is 18.2 Å². The molecule has 0 fully saturated rings. The number of benzene rings is 1. The van der Waals surface area contributed by atoms with Gasteiger partial charge in [0.25, 0.3) is 0 Å². The van der Waals surface area contributed by atoms with Crippen LogP contribution in [0.5, 0.6) is 0 Å². The summed E-state index contributed by atoms with van der Waals surface area (Å²) in [5.74, 6) is 0. The van der Waals surface area contributed by atoms with E-state index in [-0.39, 0.29) is 0 Å². The molecule has 0 aliphatic heterocycles. The highest BCUT2D eigenvalue weighted by atomic mass is 79.9. The molecule has 0 unspecified atom stereocenters. The summed E-state index contributed by atoms with van der Waals surface area (Å²) < 4.78 is 1.12. The van der Waals surface area contributed by atoms with E-state index in [1.54, 1.807) is 0 Å². The minimum Gasteiger partial charge on any atom is -0.378 e. The predicted molar refractivity (Wildman–Crippen MR) is 75.2 cm³/mol. The summed E-state index contributed by atoms with van der Waals surface area (Å²) in [4.78, 5) is 4.37. The Kier molecular flexibility index (Phi) is 3.79. The van der Waals surface area contributed by atoms with Crippen molar-refractivity contribution in [1.29, 1.82) is 0 Å². The van der Waals surface area contributed by atoms with Crippen LogP contribution in [0.4, 0.5) is 5.69 Å². The Morgan fingerprint density at radius 3 is 2.71 bits per heavy atom. The second-order valence-corrected chi connectivity index (χ2v) is 4.91. The van der Waals surface area contributed by atoms with Gasteiger partial charge in [0.05, 0.1) is 12.2 Å². The van der Waals surface area contributed by atoms with Gasteiger partial charge in [-0.25, -0.2) is 0 Å². The maximum absolute atomic E-state index is 4.37. The first kappa shape index (κ1) is 12.1. The van der Waals surface area contributed by atoms with Crippen LogP contribution in [0.1, 0.15) is 16.8 Å². The van der Waals surface area contributed by atoms with Crippen LogP contribution < -0.4 is 5.32 Å². The van der Waals surface area contributed by atoms with E-state index < -0.39 is 0 Å². The zero-order valence-electron chi connectivity index (χ0n) is 10.00. The largest absolute Gasteiger partial charge is 0.378 e. The highest BCUT2D eigenvalue weighted by Crippen LogP contribution is 2.25. The van der Waals surface area contributed by atoms with Crippen molar-refractivity contribution in [3.05, 3.63) is 57.8 Å².